The molecular formula is C15H17NO3. The third kappa shape index (κ3) is 2.35. The molecule has 1 aromatic carbocycles. The van der Waals surface area contributed by atoms with Gasteiger partial charge in [0.1, 0.15) is 0 Å². The number of likely N-dealkylation sites (tertiary alicyclic amines) is 1. The predicted octanol–water partition coefficient (Wildman–Crippen LogP) is 1.72. The Morgan fingerprint density at radius 1 is 1.11 bits per heavy atom. The molecule has 100 valence electrons. The van der Waals surface area contributed by atoms with Crippen LogP contribution < -0.4 is 0 Å². The maximum absolute atomic E-state index is 12.1. The van der Waals surface area contributed by atoms with Gasteiger partial charge in [-0.25, -0.2) is 0 Å². The third-order valence-electron chi connectivity index (χ3n) is 4.10. The molecule has 1 heterocycles. The Kier molecular flexibility index (Phi) is 3.01. The van der Waals surface area contributed by atoms with Crippen LogP contribution in [0, 0.1) is 11.8 Å². The summed E-state index contributed by atoms with van der Waals surface area (Å²) in [4.78, 5) is 25.2. The third-order valence-corrected chi connectivity index (χ3v) is 4.10. The Labute approximate surface area is 112 Å². The van der Waals surface area contributed by atoms with Gasteiger partial charge >= 0.3 is 5.97 Å². The maximum Gasteiger partial charge on any atom is 0.308 e. The summed E-state index contributed by atoms with van der Waals surface area (Å²) in [7, 11) is 0. The number of hydrogen-bond donors (Lipinski definition) is 1. The predicted molar refractivity (Wildman–Crippen MR) is 69.6 cm³/mol. The van der Waals surface area contributed by atoms with Gasteiger partial charge in [-0.1, -0.05) is 30.3 Å². The second-order valence-corrected chi connectivity index (χ2v) is 5.48. The minimum absolute atomic E-state index is 0.0820. The SMILES string of the molecule is O=C(O)C1CN(C(=O)C2CC2)CC1c1ccccc1. The minimum atomic E-state index is -0.806. The van der Waals surface area contributed by atoms with Gasteiger partial charge in [0.25, 0.3) is 0 Å². The summed E-state index contributed by atoms with van der Waals surface area (Å²) in [5, 5.41) is 9.36. The van der Waals surface area contributed by atoms with E-state index in [1.807, 2.05) is 30.3 Å². The van der Waals surface area contributed by atoms with Gasteiger partial charge in [-0.15, -0.1) is 0 Å². The second-order valence-electron chi connectivity index (χ2n) is 5.48. The van der Waals surface area contributed by atoms with Gasteiger partial charge in [0.15, 0.2) is 0 Å². The van der Waals surface area contributed by atoms with Crippen LogP contribution in [0.25, 0.3) is 0 Å². The number of nitrogens with zero attached hydrogens (tertiary/aromatic N) is 1. The Morgan fingerprint density at radius 2 is 1.79 bits per heavy atom. The van der Waals surface area contributed by atoms with Crippen molar-refractivity contribution in [2.24, 2.45) is 11.8 Å². The molecule has 0 spiro atoms. The van der Waals surface area contributed by atoms with E-state index in [0.717, 1.165) is 18.4 Å². The zero-order chi connectivity index (χ0) is 13.4. The highest BCUT2D eigenvalue weighted by molar-refractivity contribution is 5.83. The van der Waals surface area contributed by atoms with E-state index in [9.17, 15) is 14.7 Å². The summed E-state index contributed by atoms with van der Waals surface area (Å²) >= 11 is 0. The molecule has 1 aliphatic carbocycles. The number of benzene rings is 1. The van der Waals surface area contributed by atoms with Crippen molar-refractivity contribution < 1.29 is 14.7 Å². The van der Waals surface area contributed by atoms with Crippen LogP contribution in [0.15, 0.2) is 30.3 Å². The summed E-state index contributed by atoms with van der Waals surface area (Å²) in [6.45, 7) is 0.889. The number of rotatable bonds is 3. The van der Waals surface area contributed by atoms with E-state index >= 15 is 0 Å². The van der Waals surface area contributed by atoms with Gasteiger partial charge in [-0.2, -0.15) is 0 Å². The first kappa shape index (κ1) is 12.2. The molecule has 3 rings (SSSR count). The molecule has 2 aliphatic rings. The first-order valence-corrected chi connectivity index (χ1v) is 6.73. The zero-order valence-electron chi connectivity index (χ0n) is 10.7. The minimum Gasteiger partial charge on any atom is -0.481 e. The van der Waals surface area contributed by atoms with Gasteiger partial charge in [-0.05, 0) is 18.4 Å². The van der Waals surface area contributed by atoms with Crippen LogP contribution in [0.1, 0.15) is 24.3 Å². The number of carboxylic acids is 1. The van der Waals surface area contributed by atoms with Crippen LogP contribution >= 0.6 is 0 Å². The van der Waals surface area contributed by atoms with Crippen molar-refractivity contribution >= 4 is 11.9 Å². The molecule has 1 N–H and O–H groups in total. The lowest BCUT2D eigenvalue weighted by Gasteiger charge is -2.16. The zero-order valence-corrected chi connectivity index (χ0v) is 10.7. The average molecular weight is 259 g/mol. The summed E-state index contributed by atoms with van der Waals surface area (Å²) in [5.41, 5.74) is 1.01. The number of carbonyl (C=O) groups is 2. The fourth-order valence-corrected chi connectivity index (χ4v) is 2.86. The van der Waals surface area contributed by atoms with Crippen LogP contribution in [0.4, 0.5) is 0 Å². The number of aliphatic carboxylic acids is 1. The molecule has 1 aliphatic heterocycles. The summed E-state index contributed by atoms with van der Waals surface area (Å²) in [6.07, 6.45) is 1.92. The molecule has 0 bridgehead atoms. The van der Waals surface area contributed by atoms with Crippen LogP contribution in [0.5, 0.6) is 0 Å². The standard InChI is InChI=1S/C15H17NO3/c17-14(11-6-7-11)16-8-12(13(9-16)15(18)19)10-4-2-1-3-5-10/h1-5,11-13H,6-9H2,(H,18,19). The van der Waals surface area contributed by atoms with Crippen LogP contribution in [0.2, 0.25) is 0 Å². The quantitative estimate of drug-likeness (QED) is 0.899. The molecule has 0 aromatic heterocycles. The van der Waals surface area contributed by atoms with Crippen LogP contribution in [-0.4, -0.2) is 35.0 Å². The van der Waals surface area contributed by atoms with Crippen molar-refractivity contribution in [2.75, 3.05) is 13.1 Å². The molecule has 2 atom stereocenters. The van der Waals surface area contributed by atoms with Crippen molar-refractivity contribution in [1.29, 1.82) is 0 Å². The lowest BCUT2D eigenvalue weighted by atomic mass is 9.89. The van der Waals surface area contributed by atoms with Gasteiger partial charge in [0.05, 0.1) is 5.92 Å². The van der Waals surface area contributed by atoms with Crippen molar-refractivity contribution in [3.05, 3.63) is 35.9 Å². The monoisotopic (exact) mass is 259 g/mol. The number of amides is 1. The Bertz CT molecular complexity index is 495. The second kappa shape index (κ2) is 4.68. The summed E-state index contributed by atoms with van der Waals surface area (Å²) < 4.78 is 0. The number of hydrogen-bond acceptors (Lipinski definition) is 2. The lowest BCUT2D eigenvalue weighted by molar-refractivity contribution is -0.141. The van der Waals surface area contributed by atoms with Crippen molar-refractivity contribution in [3.63, 3.8) is 0 Å². The number of carbonyl (C=O) groups excluding carboxylic acids is 1. The first-order valence-electron chi connectivity index (χ1n) is 6.73. The molecule has 2 unspecified atom stereocenters. The average Bonchev–Trinajstić information content (AvgIpc) is 3.17. The first-order chi connectivity index (χ1) is 9.16. The molecule has 4 nitrogen and oxygen atoms in total. The van der Waals surface area contributed by atoms with Crippen molar-refractivity contribution in [1.82, 2.24) is 4.90 Å². The van der Waals surface area contributed by atoms with Crippen LogP contribution in [0.3, 0.4) is 0 Å². The van der Waals surface area contributed by atoms with E-state index < -0.39 is 11.9 Å². The summed E-state index contributed by atoms with van der Waals surface area (Å²) in [5.74, 6) is -1.07. The largest absolute Gasteiger partial charge is 0.481 e. The maximum atomic E-state index is 12.1. The fourth-order valence-electron chi connectivity index (χ4n) is 2.86. The molecule has 4 heteroatoms. The molecule has 1 amide bonds. The molecule has 2 fully saturated rings. The summed E-state index contributed by atoms with van der Waals surface area (Å²) in [6, 6.07) is 9.65. The van der Waals surface area contributed by atoms with Crippen molar-refractivity contribution in [3.8, 4) is 0 Å². The highest BCUT2D eigenvalue weighted by atomic mass is 16.4. The topological polar surface area (TPSA) is 57.6 Å². The Hall–Kier alpha value is -1.84. The van der Waals surface area contributed by atoms with E-state index in [1.54, 1.807) is 4.90 Å². The molecule has 1 saturated heterocycles. The van der Waals surface area contributed by atoms with Gasteiger partial charge in [-0.3, -0.25) is 9.59 Å². The van der Waals surface area contributed by atoms with Gasteiger partial charge in [0.2, 0.25) is 5.91 Å². The van der Waals surface area contributed by atoms with E-state index in [0.29, 0.717) is 13.1 Å². The Balaban J connectivity index is 1.81. The van der Waals surface area contributed by atoms with E-state index in [1.165, 1.54) is 0 Å². The normalized spacial score (nSPS) is 26.4. The van der Waals surface area contributed by atoms with Crippen LogP contribution in [-0.2, 0) is 9.59 Å². The van der Waals surface area contributed by atoms with E-state index in [4.69, 9.17) is 0 Å². The van der Waals surface area contributed by atoms with E-state index in [2.05, 4.69) is 0 Å². The van der Waals surface area contributed by atoms with Crippen molar-refractivity contribution in [2.45, 2.75) is 18.8 Å². The number of carboxylic acid groups (broad SMARTS) is 1. The highest BCUT2D eigenvalue weighted by Crippen LogP contribution is 2.37. The van der Waals surface area contributed by atoms with E-state index in [-0.39, 0.29) is 17.7 Å². The molecule has 1 aromatic rings. The smallest absolute Gasteiger partial charge is 0.308 e. The fraction of sp³-hybridized carbons (Fsp3) is 0.467. The van der Waals surface area contributed by atoms with Gasteiger partial charge < -0.3 is 10.0 Å². The Morgan fingerprint density at radius 3 is 2.37 bits per heavy atom. The highest BCUT2D eigenvalue weighted by Gasteiger charge is 2.43. The molecule has 1 saturated carbocycles. The molecule has 19 heavy (non-hydrogen) atoms. The molecule has 0 radical (unpaired) electrons. The molecular weight excluding hydrogens is 242 g/mol. The lowest BCUT2D eigenvalue weighted by Crippen LogP contribution is -2.31. The van der Waals surface area contributed by atoms with Gasteiger partial charge in [0, 0.05) is 24.9 Å².